The van der Waals surface area contributed by atoms with E-state index < -0.39 is 0 Å². The Kier molecular flexibility index (Phi) is 2.38. The Morgan fingerprint density at radius 3 is 2.69 bits per heavy atom. The first-order chi connectivity index (χ1) is 6.27. The summed E-state index contributed by atoms with van der Waals surface area (Å²) < 4.78 is 0. The third-order valence-corrected chi connectivity index (χ3v) is 2.58. The third kappa shape index (κ3) is 1.76. The number of piperazine rings is 1. The number of nitrogens with one attached hydrogen (secondary N) is 3. The molecular weight excluding hydrogens is 162 g/mol. The zero-order valence-corrected chi connectivity index (χ0v) is 8.28. The van der Waals surface area contributed by atoms with Gasteiger partial charge in [-0.15, -0.1) is 0 Å². The highest BCUT2D eigenvalue weighted by Crippen LogP contribution is 2.17. The summed E-state index contributed by atoms with van der Waals surface area (Å²) in [7, 11) is 0. The summed E-state index contributed by atoms with van der Waals surface area (Å²) >= 11 is 0. The van der Waals surface area contributed by atoms with E-state index in [-0.39, 0.29) is 0 Å². The van der Waals surface area contributed by atoms with Crippen molar-refractivity contribution in [3.8, 4) is 0 Å². The average Bonchev–Trinajstić information content (AvgIpc) is 2.47. The molecule has 1 saturated heterocycles. The maximum absolute atomic E-state index is 3.50. The average molecular weight is 179 g/mol. The van der Waals surface area contributed by atoms with E-state index in [9.17, 15) is 0 Å². The summed E-state index contributed by atoms with van der Waals surface area (Å²) in [5.41, 5.74) is 3.95. The van der Waals surface area contributed by atoms with Crippen LogP contribution in [0.3, 0.4) is 0 Å². The van der Waals surface area contributed by atoms with Gasteiger partial charge in [-0.2, -0.15) is 0 Å². The Balaban J connectivity index is 2.18. The van der Waals surface area contributed by atoms with Crippen molar-refractivity contribution in [2.75, 3.05) is 19.6 Å². The fourth-order valence-corrected chi connectivity index (χ4v) is 1.97. The molecule has 0 unspecified atom stereocenters. The van der Waals surface area contributed by atoms with Gasteiger partial charge in [-0.1, -0.05) is 0 Å². The zero-order chi connectivity index (χ0) is 9.26. The molecule has 0 bridgehead atoms. The van der Waals surface area contributed by atoms with Crippen LogP contribution in [0.2, 0.25) is 0 Å². The Labute approximate surface area is 78.9 Å². The Morgan fingerprint density at radius 1 is 1.31 bits per heavy atom. The van der Waals surface area contributed by atoms with Crippen LogP contribution in [-0.4, -0.2) is 24.6 Å². The first-order valence-corrected chi connectivity index (χ1v) is 4.87. The van der Waals surface area contributed by atoms with Crippen molar-refractivity contribution < 1.29 is 0 Å². The van der Waals surface area contributed by atoms with Crippen LogP contribution in [0.5, 0.6) is 0 Å². The molecule has 1 aromatic heterocycles. The van der Waals surface area contributed by atoms with E-state index in [1.54, 1.807) is 0 Å². The van der Waals surface area contributed by atoms with Gasteiger partial charge >= 0.3 is 0 Å². The lowest BCUT2D eigenvalue weighted by Crippen LogP contribution is -2.43. The van der Waals surface area contributed by atoms with Gasteiger partial charge < -0.3 is 15.6 Å². The van der Waals surface area contributed by atoms with E-state index in [4.69, 9.17) is 0 Å². The first-order valence-electron chi connectivity index (χ1n) is 4.87. The van der Waals surface area contributed by atoms with Crippen molar-refractivity contribution in [3.05, 3.63) is 23.0 Å². The van der Waals surface area contributed by atoms with E-state index in [0.717, 1.165) is 19.6 Å². The van der Waals surface area contributed by atoms with E-state index in [2.05, 4.69) is 35.5 Å². The van der Waals surface area contributed by atoms with E-state index in [1.807, 2.05) is 0 Å². The molecule has 1 aliphatic heterocycles. The molecule has 1 aromatic rings. The minimum Gasteiger partial charge on any atom is -0.361 e. The van der Waals surface area contributed by atoms with Crippen LogP contribution in [0.4, 0.5) is 0 Å². The van der Waals surface area contributed by atoms with Crippen LogP contribution in [0.15, 0.2) is 6.07 Å². The van der Waals surface area contributed by atoms with E-state index in [1.165, 1.54) is 17.0 Å². The summed E-state index contributed by atoms with van der Waals surface area (Å²) in [4.78, 5) is 3.41. The van der Waals surface area contributed by atoms with Crippen LogP contribution in [-0.2, 0) is 0 Å². The van der Waals surface area contributed by atoms with Gasteiger partial charge in [-0.25, -0.2) is 0 Å². The lowest BCUT2D eigenvalue weighted by molar-refractivity contribution is 0.423. The second-order valence-corrected chi connectivity index (χ2v) is 3.76. The molecule has 0 amide bonds. The molecule has 1 aliphatic rings. The van der Waals surface area contributed by atoms with Crippen LogP contribution in [0.25, 0.3) is 0 Å². The lowest BCUT2D eigenvalue weighted by Gasteiger charge is -2.24. The topological polar surface area (TPSA) is 39.8 Å². The molecule has 13 heavy (non-hydrogen) atoms. The largest absolute Gasteiger partial charge is 0.361 e. The summed E-state index contributed by atoms with van der Waals surface area (Å²) in [6, 6.07) is 2.66. The van der Waals surface area contributed by atoms with Crippen molar-refractivity contribution in [3.63, 3.8) is 0 Å². The first kappa shape index (κ1) is 8.78. The molecule has 0 spiro atoms. The number of rotatable bonds is 1. The van der Waals surface area contributed by atoms with E-state index in [0.29, 0.717) is 6.04 Å². The fraction of sp³-hybridized carbons (Fsp3) is 0.600. The van der Waals surface area contributed by atoms with Gasteiger partial charge in [0.2, 0.25) is 0 Å². The standard InChI is InChI=1S/C10H17N3/c1-7-5-8(2)13-10(7)9-6-11-3-4-12-9/h5,9,11-13H,3-4,6H2,1-2H3/t9-/m0/s1. The second kappa shape index (κ2) is 3.52. The van der Waals surface area contributed by atoms with Crippen LogP contribution in [0, 0.1) is 13.8 Å². The number of aromatic nitrogens is 1. The number of H-pyrrole nitrogens is 1. The van der Waals surface area contributed by atoms with Crippen LogP contribution >= 0.6 is 0 Å². The number of hydrogen-bond acceptors (Lipinski definition) is 2. The molecule has 1 atom stereocenters. The lowest BCUT2D eigenvalue weighted by atomic mass is 10.1. The summed E-state index contributed by atoms with van der Waals surface area (Å²) in [5, 5.41) is 6.88. The highest BCUT2D eigenvalue weighted by Gasteiger charge is 2.17. The van der Waals surface area contributed by atoms with Gasteiger partial charge in [0.15, 0.2) is 0 Å². The van der Waals surface area contributed by atoms with Gasteiger partial charge in [0, 0.05) is 31.0 Å². The van der Waals surface area contributed by atoms with Crippen molar-refractivity contribution in [2.45, 2.75) is 19.9 Å². The normalized spacial score (nSPS) is 23.4. The van der Waals surface area contributed by atoms with Crippen molar-refractivity contribution in [1.82, 2.24) is 15.6 Å². The SMILES string of the molecule is Cc1cc(C)c([C@@H]2CNCCN2)[nH]1. The van der Waals surface area contributed by atoms with Crippen molar-refractivity contribution in [2.24, 2.45) is 0 Å². The fourth-order valence-electron chi connectivity index (χ4n) is 1.97. The Hall–Kier alpha value is -0.800. The molecule has 3 heteroatoms. The highest BCUT2D eigenvalue weighted by molar-refractivity contribution is 5.27. The predicted octanol–water partition coefficient (Wildman–Crippen LogP) is 0.865. The van der Waals surface area contributed by atoms with Crippen molar-refractivity contribution >= 4 is 0 Å². The minimum atomic E-state index is 0.461. The second-order valence-electron chi connectivity index (χ2n) is 3.76. The maximum Gasteiger partial charge on any atom is 0.0602 e. The molecule has 2 heterocycles. The molecule has 3 nitrogen and oxygen atoms in total. The molecule has 0 radical (unpaired) electrons. The van der Waals surface area contributed by atoms with Gasteiger partial charge in [-0.3, -0.25) is 0 Å². The molecule has 2 rings (SSSR count). The molecule has 0 saturated carbocycles. The highest BCUT2D eigenvalue weighted by atomic mass is 15.1. The quantitative estimate of drug-likeness (QED) is 0.598. The summed E-state index contributed by atoms with van der Waals surface area (Å²) in [5.74, 6) is 0. The summed E-state index contributed by atoms with van der Waals surface area (Å²) in [6.07, 6.45) is 0. The van der Waals surface area contributed by atoms with Crippen LogP contribution < -0.4 is 10.6 Å². The summed E-state index contributed by atoms with van der Waals surface area (Å²) in [6.45, 7) is 7.43. The molecule has 0 aliphatic carbocycles. The zero-order valence-electron chi connectivity index (χ0n) is 8.28. The molecular formula is C10H17N3. The van der Waals surface area contributed by atoms with E-state index >= 15 is 0 Å². The number of hydrogen-bond donors (Lipinski definition) is 3. The smallest absolute Gasteiger partial charge is 0.0602 e. The van der Waals surface area contributed by atoms with Gasteiger partial charge in [0.1, 0.15) is 0 Å². The molecule has 1 fully saturated rings. The van der Waals surface area contributed by atoms with Crippen LogP contribution in [0.1, 0.15) is 23.0 Å². The van der Waals surface area contributed by atoms with Gasteiger partial charge in [0.05, 0.1) is 6.04 Å². The number of aryl methyl sites for hydroxylation is 2. The monoisotopic (exact) mass is 179 g/mol. The number of aromatic amines is 1. The maximum atomic E-state index is 3.50. The van der Waals surface area contributed by atoms with Gasteiger partial charge in [0.25, 0.3) is 0 Å². The Bertz CT molecular complexity index is 284. The third-order valence-electron chi connectivity index (χ3n) is 2.58. The molecule has 3 N–H and O–H groups in total. The van der Waals surface area contributed by atoms with Crippen molar-refractivity contribution in [1.29, 1.82) is 0 Å². The van der Waals surface area contributed by atoms with Gasteiger partial charge in [-0.05, 0) is 25.5 Å². The minimum absolute atomic E-state index is 0.461. The Morgan fingerprint density at radius 2 is 2.15 bits per heavy atom. The molecule has 72 valence electrons. The predicted molar refractivity (Wildman–Crippen MR) is 53.9 cm³/mol. The molecule has 0 aromatic carbocycles.